The van der Waals surface area contributed by atoms with E-state index in [0.717, 1.165) is 49.8 Å². The van der Waals surface area contributed by atoms with Gasteiger partial charge in [0.2, 0.25) is 0 Å². The van der Waals surface area contributed by atoms with Crippen molar-refractivity contribution in [3.63, 3.8) is 0 Å². The van der Waals surface area contributed by atoms with Crippen molar-refractivity contribution in [1.29, 1.82) is 0 Å². The Morgan fingerprint density at radius 2 is 1.23 bits per heavy atom. The van der Waals surface area contributed by atoms with E-state index in [1.54, 1.807) is 0 Å². The van der Waals surface area contributed by atoms with E-state index >= 15 is 0 Å². The summed E-state index contributed by atoms with van der Waals surface area (Å²) in [6.07, 6.45) is 18.7. The van der Waals surface area contributed by atoms with Gasteiger partial charge in [-0.3, -0.25) is 0 Å². The van der Waals surface area contributed by atoms with Gasteiger partial charge in [-0.15, -0.1) is 0 Å². The lowest BCUT2D eigenvalue weighted by Crippen LogP contribution is -2.36. The molecule has 2 nitrogen and oxygen atoms in total. The molecule has 0 amide bonds. The van der Waals surface area contributed by atoms with E-state index in [1.807, 2.05) is 12.1 Å². The van der Waals surface area contributed by atoms with Crippen LogP contribution in [-0.4, -0.2) is 0 Å². The molecule has 0 bridgehead atoms. The van der Waals surface area contributed by atoms with Crippen molar-refractivity contribution in [2.75, 3.05) is 9.80 Å². The summed E-state index contributed by atoms with van der Waals surface area (Å²) in [6.45, 7) is 27.2. The molecule has 2 aliphatic heterocycles. The number of para-hydroxylation sites is 2. The average Bonchev–Trinajstić information content (AvgIpc) is 3.30. The number of nitrogens with zero attached hydrogens (tertiary/aromatic N) is 2. The fraction of sp³-hybridized carbons (Fsp3) is 0.161. The zero-order valence-electron chi connectivity index (χ0n) is 38.2. The van der Waals surface area contributed by atoms with Gasteiger partial charge in [0.15, 0.2) is 0 Å². The van der Waals surface area contributed by atoms with Crippen LogP contribution in [0.4, 0.5) is 28.4 Å². The monoisotopic (exact) mass is 830 g/mol. The molecule has 2 heterocycles. The Bertz CT molecular complexity index is 3210. The predicted octanol–water partition coefficient (Wildman–Crippen LogP) is 13.2. The first-order chi connectivity index (χ1) is 30.9. The number of anilines is 5. The minimum Gasteiger partial charge on any atom is -0.310 e. The molecule has 0 radical (unpaired) electrons. The minimum absolute atomic E-state index is 0.285. The molecule has 6 aromatic carbocycles. The minimum atomic E-state index is -0.365. The van der Waals surface area contributed by atoms with Crippen LogP contribution in [0.5, 0.6) is 0 Å². The maximum Gasteiger partial charge on any atom is 0.0507 e. The third kappa shape index (κ3) is 7.37. The molecule has 0 saturated heterocycles. The Kier molecular flexibility index (Phi) is 11.1. The van der Waals surface area contributed by atoms with E-state index in [1.165, 1.54) is 56.2 Å². The Balaban J connectivity index is 1.24. The molecule has 1 atom stereocenters. The third-order valence-electron chi connectivity index (χ3n) is 13.9. The lowest BCUT2D eigenvalue weighted by molar-refractivity contribution is 0.597. The molecule has 0 aromatic heterocycles. The van der Waals surface area contributed by atoms with Gasteiger partial charge in [-0.25, -0.2) is 0 Å². The Hall–Kier alpha value is -7.16. The predicted molar refractivity (Wildman–Crippen MR) is 275 cm³/mol. The molecule has 3 aliphatic rings. The fourth-order valence-corrected chi connectivity index (χ4v) is 9.98. The van der Waals surface area contributed by atoms with Crippen LogP contribution in [0.1, 0.15) is 70.2 Å². The van der Waals surface area contributed by atoms with Gasteiger partial charge < -0.3 is 9.80 Å². The molecule has 316 valence electrons. The second-order valence-electron chi connectivity index (χ2n) is 18.5. The van der Waals surface area contributed by atoms with E-state index in [-0.39, 0.29) is 10.8 Å². The normalized spacial score (nSPS) is 18.7. The fourth-order valence-electron chi connectivity index (χ4n) is 9.98. The summed E-state index contributed by atoms with van der Waals surface area (Å²) >= 11 is 0. The smallest absolute Gasteiger partial charge is 0.0507 e. The van der Waals surface area contributed by atoms with Gasteiger partial charge in [-0.1, -0.05) is 188 Å². The number of allylic oxidation sites excluding steroid dienone is 10. The van der Waals surface area contributed by atoms with Gasteiger partial charge in [0, 0.05) is 27.9 Å². The molecule has 0 saturated carbocycles. The summed E-state index contributed by atoms with van der Waals surface area (Å²) < 4.78 is 0. The van der Waals surface area contributed by atoms with Crippen molar-refractivity contribution >= 4 is 53.2 Å². The molecular weight excluding hydrogens is 773 g/mol. The molecule has 6 aromatic rings. The Morgan fingerprint density at radius 1 is 0.641 bits per heavy atom. The first-order valence-electron chi connectivity index (χ1n) is 22.6. The number of fused-ring (bicyclic) bond motifs is 3. The van der Waals surface area contributed by atoms with Crippen LogP contribution in [0, 0.1) is 5.92 Å². The maximum atomic E-state index is 4.38. The summed E-state index contributed by atoms with van der Waals surface area (Å²) in [6, 6.07) is 50.4. The van der Waals surface area contributed by atoms with Crippen LogP contribution < -0.4 is 30.7 Å². The summed E-state index contributed by atoms with van der Waals surface area (Å²) in [5, 5.41) is 4.27. The number of benzene rings is 6. The zero-order chi connectivity index (χ0) is 44.8. The number of rotatable bonds is 8. The molecule has 2 heteroatoms. The van der Waals surface area contributed by atoms with Crippen molar-refractivity contribution in [2.24, 2.45) is 5.92 Å². The van der Waals surface area contributed by atoms with Crippen molar-refractivity contribution in [3.8, 4) is 0 Å². The summed E-state index contributed by atoms with van der Waals surface area (Å²) in [7, 11) is 0. The van der Waals surface area contributed by atoms with E-state index in [4.69, 9.17) is 0 Å². The van der Waals surface area contributed by atoms with Gasteiger partial charge in [0.05, 0.1) is 17.1 Å². The topological polar surface area (TPSA) is 6.48 Å². The number of hydrogen-bond acceptors (Lipinski definition) is 2. The highest BCUT2D eigenvalue weighted by atomic mass is 15.2. The molecule has 1 aliphatic carbocycles. The van der Waals surface area contributed by atoms with Crippen LogP contribution in [0.2, 0.25) is 0 Å². The largest absolute Gasteiger partial charge is 0.310 e. The highest BCUT2D eigenvalue weighted by Gasteiger charge is 2.43. The van der Waals surface area contributed by atoms with Gasteiger partial charge >= 0.3 is 0 Å². The first-order valence-corrected chi connectivity index (χ1v) is 22.6. The van der Waals surface area contributed by atoms with E-state index in [2.05, 4.69) is 247 Å². The lowest BCUT2D eigenvalue weighted by Gasteiger charge is -2.47. The SMILES string of the molecule is C=C/C(c1ccc2c(c1)C(C)(C)c1cc3c(cc1N2c1ccccc1)C(C)(C)C(C)=C(/C=C\CC(/C=c1/ccccc1=C)=C1\C=CC=CC1C)N3c1ccccc1)=c1/ccccc1=C. The maximum absolute atomic E-state index is 4.38. The molecule has 1 unspecified atom stereocenters. The summed E-state index contributed by atoms with van der Waals surface area (Å²) in [4.78, 5) is 4.98. The highest BCUT2D eigenvalue weighted by Crippen LogP contribution is 2.57. The molecular formula is C62H58N2. The van der Waals surface area contributed by atoms with Gasteiger partial charge in [-0.2, -0.15) is 0 Å². The van der Waals surface area contributed by atoms with Crippen LogP contribution in [-0.2, 0) is 10.8 Å². The first kappa shape index (κ1) is 42.2. The van der Waals surface area contributed by atoms with Crippen molar-refractivity contribution in [2.45, 2.75) is 58.8 Å². The lowest BCUT2D eigenvalue weighted by atomic mass is 9.68. The van der Waals surface area contributed by atoms with Crippen LogP contribution in [0.3, 0.4) is 0 Å². The number of hydrogen-bond donors (Lipinski definition) is 0. The molecule has 0 N–H and O–H groups in total. The van der Waals surface area contributed by atoms with E-state index in [0.29, 0.717) is 5.92 Å². The van der Waals surface area contributed by atoms with Gasteiger partial charge in [0.1, 0.15) is 0 Å². The van der Waals surface area contributed by atoms with Crippen LogP contribution in [0.15, 0.2) is 211 Å². The van der Waals surface area contributed by atoms with Crippen LogP contribution >= 0.6 is 0 Å². The Labute approximate surface area is 380 Å². The van der Waals surface area contributed by atoms with E-state index < -0.39 is 0 Å². The third-order valence-corrected chi connectivity index (χ3v) is 13.9. The summed E-state index contributed by atoms with van der Waals surface area (Å²) in [5.41, 5.74) is 16.4. The second-order valence-corrected chi connectivity index (χ2v) is 18.5. The van der Waals surface area contributed by atoms with Gasteiger partial charge in [0.25, 0.3) is 0 Å². The molecule has 9 rings (SSSR count). The average molecular weight is 831 g/mol. The molecule has 64 heavy (non-hydrogen) atoms. The summed E-state index contributed by atoms with van der Waals surface area (Å²) in [5.74, 6) is 0.316. The molecule has 0 fully saturated rings. The Morgan fingerprint density at radius 3 is 1.89 bits per heavy atom. The van der Waals surface area contributed by atoms with Crippen molar-refractivity contribution in [1.82, 2.24) is 0 Å². The second kappa shape index (κ2) is 16.8. The van der Waals surface area contributed by atoms with Crippen molar-refractivity contribution in [3.05, 3.63) is 254 Å². The van der Waals surface area contributed by atoms with Gasteiger partial charge in [-0.05, 0) is 139 Å². The highest BCUT2D eigenvalue weighted by molar-refractivity contribution is 5.91. The zero-order valence-corrected chi connectivity index (χ0v) is 38.2. The quantitative estimate of drug-likeness (QED) is 0.151. The standard InChI is InChI=1S/C62H58N2/c1-10-51(53-34-22-19-26-44(53)4)48-36-37-58-54(39-48)62(8,9)56-41-59-55(40-60(56)64(58)50-31-15-12-16-32-50)61(6,7)45(5)57(63(59)49-29-13-11-14-30-49)35-23-28-47(52-33-21-18-25-43(52)3)38-46-27-20-17-24-42(46)2/h10-27,29-41,43H,1-2,4,28H2,3,5-9H3/b35-23-,46-38-,52-47-,53-51+. The van der Waals surface area contributed by atoms with E-state index in [9.17, 15) is 0 Å². The van der Waals surface area contributed by atoms with Crippen molar-refractivity contribution < 1.29 is 0 Å². The van der Waals surface area contributed by atoms with Crippen LogP contribution in [0.25, 0.3) is 24.8 Å². The molecule has 0 spiro atoms.